The van der Waals surface area contributed by atoms with Crippen molar-refractivity contribution in [3.63, 3.8) is 0 Å². The van der Waals surface area contributed by atoms with Gasteiger partial charge in [-0.25, -0.2) is 8.42 Å². The molecule has 4 nitrogen and oxygen atoms in total. The van der Waals surface area contributed by atoms with Crippen molar-refractivity contribution >= 4 is 20.9 Å². The summed E-state index contributed by atoms with van der Waals surface area (Å²) in [5.74, 6) is 1.23. The SMILES string of the molecule is Cc1ccc(S(=O)(=O)N2C[C@@H]3CCCC[C@@H]3[C@@H](C)[C@H]2c2cn(Cc3ccccc3)c3ccccc23)cc1. The third kappa shape index (κ3) is 4.42. The minimum absolute atomic E-state index is 0.187. The third-order valence-corrected chi connectivity index (χ3v) is 10.7. The molecule has 1 aromatic heterocycles. The van der Waals surface area contributed by atoms with Crippen molar-refractivity contribution in [2.24, 2.45) is 17.8 Å². The summed E-state index contributed by atoms with van der Waals surface area (Å²) in [4.78, 5) is 0.401. The summed E-state index contributed by atoms with van der Waals surface area (Å²) in [6, 6.07) is 26.2. The van der Waals surface area contributed by atoms with Gasteiger partial charge in [0.05, 0.1) is 10.9 Å². The van der Waals surface area contributed by atoms with Crippen LogP contribution in [0.3, 0.4) is 0 Å². The lowest BCUT2D eigenvalue weighted by molar-refractivity contribution is 0.0374. The zero-order valence-corrected chi connectivity index (χ0v) is 22.6. The second kappa shape index (κ2) is 9.77. The highest BCUT2D eigenvalue weighted by atomic mass is 32.2. The van der Waals surface area contributed by atoms with Gasteiger partial charge in [-0.1, -0.05) is 86.0 Å². The minimum Gasteiger partial charge on any atom is -0.343 e. The first kappa shape index (κ1) is 24.4. The van der Waals surface area contributed by atoms with Crippen LogP contribution in [-0.4, -0.2) is 23.8 Å². The monoisotopic (exact) mass is 512 g/mol. The molecular weight excluding hydrogens is 476 g/mol. The lowest BCUT2D eigenvalue weighted by Gasteiger charge is -2.49. The van der Waals surface area contributed by atoms with Gasteiger partial charge in [0.15, 0.2) is 0 Å². The molecule has 6 rings (SSSR count). The van der Waals surface area contributed by atoms with Gasteiger partial charge < -0.3 is 4.57 Å². The second-order valence-corrected chi connectivity index (χ2v) is 13.0. The van der Waals surface area contributed by atoms with Crippen molar-refractivity contribution in [2.75, 3.05) is 6.54 Å². The van der Waals surface area contributed by atoms with Gasteiger partial charge in [-0.2, -0.15) is 4.31 Å². The Kier molecular flexibility index (Phi) is 6.46. The number of fused-ring (bicyclic) bond motifs is 2. The van der Waals surface area contributed by atoms with Gasteiger partial charge in [0, 0.05) is 30.2 Å². The molecule has 192 valence electrons. The molecule has 37 heavy (non-hydrogen) atoms. The Labute approximate surface area is 221 Å². The average molecular weight is 513 g/mol. The van der Waals surface area contributed by atoms with Gasteiger partial charge in [0.1, 0.15) is 0 Å². The molecule has 0 N–H and O–H groups in total. The number of piperidine rings is 1. The van der Waals surface area contributed by atoms with Crippen LogP contribution in [0.5, 0.6) is 0 Å². The summed E-state index contributed by atoms with van der Waals surface area (Å²) in [5.41, 5.74) is 4.60. The number of para-hydroxylation sites is 1. The second-order valence-electron chi connectivity index (χ2n) is 11.1. The van der Waals surface area contributed by atoms with Crippen LogP contribution in [0.1, 0.15) is 55.3 Å². The molecule has 2 heterocycles. The first-order valence-electron chi connectivity index (χ1n) is 13.6. The average Bonchev–Trinajstić information content (AvgIpc) is 3.27. The quantitative estimate of drug-likeness (QED) is 0.284. The molecule has 2 aliphatic rings. The first-order valence-corrected chi connectivity index (χ1v) is 15.1. The molecule has 4 atom stereocenters. The molecule has 0 spiro atoms. The van der Waals surface area contributed by atoms with E-state index in [2.05, 4.69) is 66.2 Å². The maximum Gasteiger partial charge on any atom is 0.243 e. The summed E-state index contributed by atoms with van der Waals surface area (Å²) >= 11 is 0. The van der Waals surface area contributed by atoms with Crippen LogP contribution in [-0.2, 0) is 16.6 Å². The molecule has 3 aromatic carbocycles. The Hall–Kier alpha value is -2.89. The van der Waals surface area contributed by atoms with E-state index in [0.717, 1.165) is 35.0 Å². The van der Waals surface area contributed by atoms with E-state index < -0.39 is 10.0 Å². The molecular formula is C32H36N2O2S. The lowest BCUT2D eigenvalue weighted by atomic mass is 9.67. The number of benzene rings is 3. The van der Waals surface area contributed by atoms with Gasteiger partial charge in [-0.3, -0.25) is 0 Å². The van der Waals surface area contributed by atoms with Crippen LogP contribution >= 0.6 is 0 Å². The molecule has 4 aromatic rings. The van der Waals surface area contributed by atoms with Gasteiger partial charge >= 0.3 is 0 Å². The van der Waals surface area contributed by atoms with Crippen molar-refractivity contribution in [2.45, 2.75) is 57.0 Å². The Morgan fingerprint density at radius 3 is 2.35 bits per heavy atom. The fourth-order valence-corrected chi connectivity index (χ4v) is 8.69. The standard InChI is InChI=1S/C32H36N2O2S/c1-23-16-18-27(19-17-23)37(35,36)34-21-26-12-6-7-13-28(26)24(2)32(34)30-22-33(20-25-10-4-3-5-11-25)31-15-9-8-14-29(30)31/h3-5,8-11,14-19,22,24,26,28,32H,6-7,12-13,20-21H2,1-2H3/t24-,26+,28-,32+/m1/s1. The number of rotatable bonds is 5. The Bertz CT molecular complexity index is 1490. The highest BCUT2D eigenvalue weighted by molar-refractivity contribution is 7.89. The fraction of sp³-hybridized carbons (Fsp3) is 0.375. The number of aromatic nitrogens is 1. The number of nitrogens with zero attached hydrogens (tertiary/aromatic N) is 2. The van der Waals surface area contributed by atoms with E-state index in [1.54, 1.807) is 12.1 Å². The molecule has 0 bridgehead atoms. The van der Waals surface area contributed by atoms with E-state index in [1.165, 1.54) is 24.8 Å². The molecule has 0 amide bonds. The summed E-state index contributed by atoms with van der Waals surface area (Å²) in [5, 5.41) is 1.16. The van der Waals surface area contributed by atoms with Crippen LogP contribution < -0.4 is 0 Å². The molecule has 1 aliphatic carbocycles. The molecule has 1 aliphatic heterocycles. The minimum atomic E-state index is -3.65. The van der Waals surface area contributed by atoms with E-state index >= 15 is 0 Å². The molecule has 0 radical (unpaired) electrons. The van der Waals surface area contributed by atoms with Crippen LogP contribution in [0.25, 0.3) is 10.9 Å². The van der Waals surface area contributed by atoms with Crippen molar-refractivity contribution in [1.82, 2.24) is 8.87 Å². The third-order valence-electron chi connectivity index (χ3n) is 8.83. The van der Waals surface area contributed by atoms with Crippen molar-refractivity contribution in [1.29, 1.82) is 0 Å². The van der Waals surface area contributed by atoms with E-state index in [1.807, 2.05) is 29.4 Å². The zero-order valence-electron chi connectivity index (χ0n) is 21.8. The van der Waals surface area contributed by atoms with Crippen LogP contribution in [0.4, 0.5) is 0 Å². The van der Waals surface area contributed by atoms with E-state index in [4.69, 9.17) is 0 Å². The predicted octanol–water partition coefficient (Wildman–Crippen LogP) is 7.19. The van der Waals surface area contributed by atoms with Crippen molar-refractivity contribution in [3.8, 4) is 0 Å². The maximum absolute atomic E-state index is 14.3. The van der Waals surface area contributed by atoms with E-state index in [-0.39, 0.29) is 12.0 Å². The largest absolute Gasteiger partial charge is 0.343 e. The first-order chi connectivity index (χ1) is 17.9. The number of hydrogen-bond donors (Lipinski definition) is 0. The van der Waals surface area contributed by atoms with Crippen molar-refractivity contribution < 1.29 is 8.42 Å². The van der Waals surface area contributed by atoms with E-state index in [9.17, 15) is 8.42 Å². The van der Waals surface area contributed by atoms with E-state index in [0.29, 0.717) is 23.3 Å². The number of aryl methyl sites for hydroxylation is 1. The van der Waals surface area contributed by atoms with Gasteiger partial charge in [-0.05, 0) is 66.8 Å². The van der Waals surface area contributed by atoms with Crippen molar-refractivity contribution in [3.05, 3.63) is 102 Å². The fourth-order valence-electron chi connectivity index (χ4n) is 6.95. The predicted molar refractivity (Wildman–Crippen MR) is 150 cm³/mol. The van der Waals surface area contributed by atoms with Gasteiger partial charge in [0.2, 0.25) is 10.0 Å². The Morgan fingerprint density at radius 2 is 1.57 bits per heavy atom. The van der Waals surface area contributed by atoms with Crippen LogP contribution in [0, 0.1) is 24.7 Å². The van der Waals surface area contributed by atoms with Gasteiger partial charge in [0.25, 0.3) is 0 Å². The summed E-state index contributed by atoms with van der Waals surface area (Å²) < 4.78 is 32.7. The smallest absolute Gasteiger partial charge is 0.243 e. The molecule has 2 fully saturated rings. The summed E-state index contributed by atoms with van der Waals surface area (Å²) in [7, 11) is -3.65. The number of sulfonamides is 1. The molecule has 0 unspecified atom stereocenters. The zero-order chi connectivity index (χ0) is 25.6. The normalized spacial score (nSPS) is 24.7. The number of hydrogen-bond acceptors (Lipinski definition) is 2. The summed E-state index contributed by atoms with van der Waals surface area (Å²) in [6.07, 6.45) is 7.01. The molecule has 1 saturated heterocycles. The lowest BCUT2D eigenvalue weighted by Crippen LogP contribution is -2.50. The Balaban J connectivity index is 1.49. The van der Waals surface area contributed by atoms with Crippen LogP contribution in [0.2, 0.25) is 0 Å². The van der Waals surface area contributed by atoms with Gasteiger partial charge in [-0.15, -0.1) is 0 Å². The molecule has 5 heteroatoms. The maximum atomic E-state index is 14.3. The highest BCUT2D eigenvalue weighted by Gasteiger charge is 2.47. The molecule has 1 saturated carbocycles. The summed E-state index contributed by atoms with van der Waals surface area (Å²) in [6.45, 7) is 5.66. The topological polar surface area (TPSA) is 42.3 Å². The van der Waals surface area contributed by atoms with Crippen LogP contribution in [0.15, 0.2) is 90.0 Å². The Morgan fingerprint density at radius 1 is 0.865 bits per heavy atom. The highest BCUT2D eigenvalue weighted by Crippen LogP contribution is 2.50.